The van der Waals surface area contributed by atoms with Crippen LogP contribution in [-0.4, -0.2) is 33.3 Å². The van der Waals surface area contributed by atoms with Gasteiger partial charge in [0.1, 0.15) is 5.75 Å². The number of carbonyl (C=O) groups excluding carboxylic acids is 1. The third-order valence-electron chi connectivity index (χ3n) is 3.99. The Balaban J connectivity index is 1.53. The van der Waals surface area contributed by atoms with Gasteiger partial charge in [0, 0.05) is 5.69 Å². The Hall–Kier alpha value is -2.64. The van der Waals surface area contributed by atoms with Crippen LogP contribution in [0.3, 0.4) is 0 Å². The van der Waals surface area contributed by atoms with Crippen molar-refractivity contribution in [2.24, 2.45) is 0 Å². The molecule has 1 fully saturated rings. The standard InChI is InChI=1S/C15H20N6O2/c1-23-13-8-6-11(7-9-13)17-15(22)16-10-14-18-19-20-21(14)12-4-2-3-5-12/h6-9,12H,2-5,10H2,1H3,(H2,16,17,22). The molecule has 2 amide bonds. The quantitative estimate of drug-likeness (QED) is 0.881. The fourth-order valence-electron chi connectivity index (χ4n) is 2.77. The van der Waals surface area contributed by atoms with Crippen LogP contribution in [0.2, 0.25) is 0 Å². The summed E-state index contributed by atoms with van der Waals surface area (Å²) in [5.41, 5.74) is 0.693. The summed E-state index contributed by atoms with van der Waals surface area (Å²) in [6.07, 6.45) is 4.59. The van der Waals surface area contributed by atoms with Crippen molar-refractivity contribution in [3.8, 4) is 5.75 Å². The van der Waals surface area contributed by atoms with Crippen LogP contribution in [0.5, 0.6) is 5.75 Å². The number of nitrogens with one attached hydrogen (secondary N) is 2. The van der Waals surface area contributed by atoms with E-state index in [-0.39, 0.29) is 6.03 Å². The minimum absolute atomic E-state index is 0.295. The highest BCUT2D eigenvalue weighted by atomic mass is 16.5. The molecular weight excluding hydrogens is 296 g/mol. The number of benzene rings is 1. The number of rotatable bonds is 5. The molecule has 0 saturated heterocycles. The molecule has 23 heavy (non-hydrogen) atoms. The summed E-state index contributed by atoms with van der Waals surface area (Å²) in [4.78, 5) is 12.0. The highest BCUT2D eigenvalue weighted by molar-refractivity contribution is 5.89. The summed E-state index contributed by atoms with van der Waals surface area (Å²) in [5.74, 6) is 1.42. The fourth-order valence-corrected chi connectivity index (χ4v) is 2.77. The minimum Gasteiger partial charge on any atom is -0.497 e. The first-order chi connectivity index (χ1) is 11.3. The van der Waals surface area contributed by atoms with Crippen molar-refractivity contribution in [1.82, 2.24) is 25.5 Å². The number of nitrogens with zero attached hydrogens (tertiary/aromatic N) is 4. The van der Waals surface area contributed by atoms with Gasteiger partial charge < -0.3 is 15.4 Å². The largest absolute Gasteiger partial charge is 0.497 e. The van der Waals surface area contributed by atoms with Crippen molar-refractivity contribution >= 4 is 11.7 Å². The zero-order valence-corrected chi connectivity index (χ0v) is 13.0. The number of urea groups is 1. The molecule has 0 bridgehead atoms. The van der Waals surface area contributed by atoms with Gasteiger partial charge in [0.2, 0.25) is 0 Å². The molecule has 122 valence electrons. The smallest absolute Gasteiger partial charge is 0.319 e. The predicted molar refractivity (Wildman–Crippen MR) is 84.2 cm³/mol. The molecule has 1 aromatic carbocycles. The number of ether oxygens (including phenoxy) is 1. The van der Waals surface area contributed by atoms with Crippen LogP contribution in [0.4, 0.5) is 10.5 Å². The number of methoxy groups -OCH3 is 1. The van der Waals surface area contributed by atoms with Crippen LogP contribution in [0.1, 0.15) is 37.5 Å². The van der Waals surface area contributed by atoms with Gasteiger partial charge >= 0.3 is 6.03 Å². The molecule has 1 aliphatic carbocycles. The molecule has 1 saturated carbocycles. The number of tetrazole rings is 1. The fraction of sp³-hybridized carbons (Fsp3) is 0.467. The van der Waals surface area contributed by atoms with Gasteiger partial charge in [0.15, 0.2) is 5.82 Å². The lowest BCUT2D eigenvalue weighted by molar-refractivity contribution is 0.251. The van der Waals surface area contributed by atoms with Gasteiger partial charge in [-0.2, -0.15) is 0 Å². The maximum atomic E-state index is 12.0. The second-order valence-corrected chi connectivity index (χ2v) is 5.51. The summed E-state index contributed by atoms with van der Waals surface area (Å²) in [5, 5.41) is 17.3. The average Bonchev–Trinajstić information content (AvgIpc) is 3.24. The SMILES string of the molecule is COc1ccc(NC(=O)NCc2nnnn2C2CCCC2)cc1. The van der Waals surface area contributed by atoms with Crippen molar-refractivity contribution in [3.05, 3.63) is 30.1 Å². The highest BCUT2D eigenvalue weighted by Gasteiger charge is 2.21. The molecule has 0 radical (unpaired) electrons. The van der Waals surface area contributed by atoms with Crippen LogP contribution >= 0.6 is 0 Å². The lowest BCUT2D eigenvalue weighted by atomic mass is 10.2. The number of anilines is 1. The molecule has 0 spiro atoms. The Morgan fingerprint density at radius 2 is 2.04 bits per heavy atom. The van der Waals surface area contributed by atoms with Crippen molar-refractivity contribution in [3.63, 3.8) is 0 Å². The summed E-state index contributed by atoms with van der Waals surface area (Å²) in [7, 11) is 1.60. The first kappa shape index (κ1) is 15.3. The minimum atomic E-state index is -0.295. The number of aromatic nitrogens is 4. The Morgan fingerprint density at radius 3 is 2.74 bits per heavy atom. The van der Waals surface area contributed by atoms with E-state index in [2.05, 4.69) is 26.2 Å². The summed E-state index contributed by atoms with van der Waals surface area (Å²) in [6.45, 7) is 0.297. The van der Waals surface area contributed by atoms with Gasteiger partial charge in [-0.3, -0.25) is 0 Å². The number of amides is 2. The first-order valence-electron chi connectivity index (χ1n) is 7.72. The molecule has 3 rings (SSSR count). The van der Waals surface area contributed by atoms with E-state index in [0.29, 0.717) is 24.1 Å². The summed E-state index contributed by atoms with van der Waals surface area (Å²) < 4.78 is 6.91. The van der Waals surface area contributed by atoms with E-state index in [0.717, 1.165) is 18.6 Å². The first-order valence-corrected chi connectivity index (χ1v) is 7.72. The summed E-state index contributed by atoms with van der Waals surface area (Å²) >= 11 is 0. The average molecular weight is 316 g/mol. The van der Waals surface area contributed by atoms with Crippen LogP contribution in [-0.2, 0) is 6.54 Å². The van der Waals surface area contributed by atoms with E-state index in [1.54, 1.807) is 31.4 Å². The van der Waals surface area contributed by atoms with Gasteiger partial charge in [0.25, 0.3) is 0 Å². The number of hydrogen-bond acceptors (Lipinski definition) is 5. The molecule has 0 unspecified atom stereocenters. The van der Waals surface area contributed by atoms with Crippen LogP contribution in [0, 0.1) is 0 Å². The van der Waals surface area contributed by atoms with Crippen molar-refractivity contribution < 1.29 is 9.53 Å². The molecule has 0 aliphatic heterocycles. The lowest BCUT2D eigenvalue weighted by Gasteiger charge is -2.12. The third kappa shape index (κ3) is 3.77. The van der Waals surface area contributed by atoms with Crippen molar-refractivity contribution in [2.45, 2.75) is 38.3 Å². The molecule has 2 N–H and O–H groups in total. The molecule has 1 heterocycles. The Morgan fingerprint density at radius 1 is 1.30 bits per heavy atom. The molecule has 1 aromatic heterocycles. The van der Waals surface area contributed by atoms with E-state index < -0.39 is 0 Å². The molecule has 2 aromatic rings. The van der Waals surface area contributed by atoms with Gasteiger partial charge in [-0.15, -0.1) is 5.10 Å². The van der Waals surface area contributed by atoms with Gasteiger partial charge in [-0.05, 0) is 47.5 Å². The Labute approximate surface area is 134 Å². The van der Waals surface area contributed by atoms with Crippen LogP contribution in [0.25, 0.3) is 0 Å². The van der Waals surface area contributed by atoms with E-state index in [1.165, 1.54) is 12.8 Å². The Bertz CT molecular complexity index is 648. The third-order valence-corrected chi connectivity index (χ3v) is 3.99. The van der Waals surface area contributed by atoms with Crippen molar-refractivity contribution in [2.75, 3.05) is 12.4 Å². The normalized spacial score (nSPS) is 14.7. The summed E-state index contributed by atoms with van der Waals surface area (Å²) in [6, 6.07) is 7.19. The lowest BCUT2D eigenvalue weighted by Crippen LogP contribution is -2.30. The second kappa shape index (κ2) is 7.08. The van der Waals surface area contributed by atoms with E-state index >= 15 is 0 Å². The maximum Gasteiger partial charge on any atom is 0.319 e. The second-order valence-electron chi connectivity index (χ2n) is 5.51. The number of carbonyl (C=O) groups is 1. The van der Waals surface area contributed by atoms with Crippen LogP contribution in [0.15, 0.2) is 24.3 Å². The molecule has 1 aliphatic rings. The number of hydrogen-bond donors (Lipinski definition) is 2. The molecule has 8 heteroatoms. The van der Waals surface area contributed by atoms with E-state index in [9.17, 15) is 4.79 Å². The maximum absolute atomic E-state index is 12.0. The van der Waals surface area contributed by atoms with Gasteiger partial charge in [-0.1, -0.05) is 12.8 Å². The monoisotopic (exact) mass is 316 g/mol. The van der Waals surface area contributed by atoms with Gasteiger partial charge in [0.05, 0.1) is 19.7 Å². The van der Waals surface area contributed by atoms with Crippen LogP contribution < -0.4 is 15.4 Å². The highest BCUT2D eigenvalue weighted by Crippen LogP contribution is 2.28. The molecule has 8 nitrogen and oxygen atoms in total. The topological polar surface area (TPSA) is 94.0 Å². The predicted octanol–water partition coefficient (Wildman–Crippen LogP) is 2.12. The Kier molecular flexibility index (Phi) is 4.70. The van der Waals surface area contributed by atoms with Gasteiger partial charge in [-0.25, -0.2) is 9.48 Å². The van der Waals surface area contributed by atoms with E-state index in [1.807, 2.05) is 4.68 Å². The molecular formula is C15H20N6O2. The molecule has 0 atom stereocenters. The van der Waals surface area contributed by atoms with E-state index in [4.69, 9.17) is 4.74 Å². The van der Waals surface area contributed by atoms with Crippen molar-refractivity contribution in [1.29, 1.82) is 0 Å². The zero-order valence-electron chi connectivity index (χ0n) is 13.0. The zero-order chi connectivity index (χ0) is 16.1.